The second-order valence-corrected chi connectivity index (χ2v) is 5.36. The Morgan fingerprint density at radius 3 is 2.75 bits per heavy atom. The average Bonchev–Trinajstić information content (AvgIpc) is 2.49. The number of amides is 1. The largest absolute Gasteiger partial charge is 0.309 e. The van der Waals surface area contributed by atoms with Crippen molar-refractivity contribution in [1.29, 1.82) is 0 Å². The van der Waals surface area contributed by atoms with Crippen LogP contribution in [0.4, 0.5) is 5.82 Å². The minimum absolute atomic E-state index is 0.0134. The first-order valence-corrected chi connectivity index (χ1v) is 7.49. The summed E-state index contributed by atoms with van der Waals surface area (Å²) < 4.78 is 0. The Hall–Kier alpha value is -1.46. The molecule has 0 spiro atoms. The lowest BCUT2D eigenvalue weighted by molar-refractivity contribution is -0.124. The van der Waals surface area contributed by atoms with Crippen molar-refractivity contribution in [1.82, 2.24) is 15.8 Å². The Kier molecular flexibility index (Phi) is 5.49. The monoisotopic (exact) mass is 276 g/mol. The number of carbonyl (C=O) groups excluding carboxylic acids is 1. The summed E-state index contributed by atoms with van der Waals surface area (Å²) in [5.41, 5.74) is 5.94. The number of pyridine rings is 1. The highest BCUT2D eigenvalue weighted by atomic mass is 16.2. The molecule has 1 aromatic heterocycles. The van der Waals surface area contributed by atoms with Gasteiger partial charge in [0.25, 0.3) is 0 Å². The van der Waals surface area contributed by atoms with Crippen molar-refractivity contribution in [2.24, 2.45) is 0 Å². The zero-order valence-corrected chi connectivity index (χ0v) is 12.1. The van der Waals surface area contributed by atoms with Crippen LogP contribution >= 0.6 is 0 Å². The molecular formula is C15H24N4O. The van der Waals surface area contributed by atoms with Gasteiger partial charge in [0.1, 0.15) is 11.4 Å². The number of nitrogens with zero attached hydrogens (tertiary/aromatic N) is 1. The molecule has 1 aliphatic rings. The van der Waals surface area contributed by atoms with Crippen molar-refractivity contribution in [2.45, 2.75) is 51.0 Å². The number of hydrazine groups is 1. The first kappa shape index (κ1) is 14.9. The first-order chi connectivity index (χ1) is 9.77. The van der Waals surface area contributed by atoms with Gasteiger partial charge >= 0.3 is 0 Å². The summed E-state index contributed by atoms with van der Waals surface area (Å²) >= 11 is 0. The van der Waals surface area contributed by atoms with Gasteiger partial charge in [-0.15, -0.1) is 0 Å². The van der Waals surface area contributed by atoms with E-state index in [-0.39, 0.29) is 5.91 Å². The molecule has 0 bridgehead atoms. The maximum atomic E-state index is 12.6. The summed E-state index contributed by atoms with van der Waals surface area (Å²) in [4.78, 5) is 16.8. The zero-order valence-electron chi connectivity index (χ0n) is 12.1. The number of aromatic nitrogens is 1. The van der Waals surface area contributed by atoms with Gasteiger partial charge in [-0.1, -0.05) is 32.3 Å². The standard InChI is InChI=1S/C15H24N4O/c1-2-11-17-19-15(9-5-3-6-10-15)14(20)18-13-8-4-7-12-16-13/h4,7-8,12,17,19H,2-3,5-6,9-11H2,1H3,(H,16,18,20). The number of hydrogen-bond donors (Lipinski definition) is 3. The smallest absolute Gasteiger partial charge is 0.247 e. The number of anilines is 1. The molecule has 1 aromatic rings. The third kappa shape index (κ3) is 3.77. The molecule has 0 aromatic carbocycles. The Morgan fingerprint density at radius 1 is 1.30 bits per heavy atom. The summed E-state index contributed by atoms with van der Waals surface area (Å²) in [6, 6.07) is 5.53. The molecule has 110 valence electrons. The highest BCUT2D eigenvalue weighted by Crippen LogP contribution is 2.28. The Labute approximate surface area is 120 Å². The molecule has 0 atom stereocenters. The van der Waals surface area contributed by atoms with E-state index in [1.165, 1.54) is 6.42 Å². The molecule has 0 radical (unpaired) electrons. The van der Waals surface area contributed by atoms with Crippen molar-refractivity contribution >= 4 is 11.7 Å². The predicted molar refractivity (Wildman–Crippen MR) is 80.1 cm³/mol. The van der Waals surface area contributed by atoms with E-state index >= 15 is 0 Å². The molecule has 1 amide bonds. The quantitative estimate of drug-likeness (QED) is 0.550. The molecule has 5 heteroatoms. The zero-order chi connectivity index (χ0) is 14.3. The Balaban J connectivity index is 2.03. The van der Waals surface area contributed by atoms with Crippen LogP contribution in [0.2, 0.25) is 0 Å². The normalized spacial score (nSPS) is 17.6. The van der Waals surface area contributed by atoms with E-state index in [0.717, 1.165) is 38.6 Å². The van der Waals surface area contributed by atoms with Crippen molar-refractivity contribution in [3.8, 4) is 0 Å². The molecule has 0 aliphatic heterocycles. The Bertz CT molecular complexity index is 415. The number of hydrogen-bond acceptors (Lipinski definition) is 4. The molecule has 20 heavy (non-hydrogen) atoms. The van der Waals surface area contributed by atoms with Gasteiger partial charge in [-0.05, 0) is 31.4 Å². The fraction of sp³-hybridized carbons (Fsp3) is 0.600. The van der Waals surface area contributed by atoms with Crippen molar-refractivity contribution in [2.75, 3.05) is 11.9 Å². The topological polar surface area (TPSA) is 66.0 Å². The van der Waals surface area contributed by atoms with E-state index in [0.29, 0.717) is 5.82 Å². The minimum Gasteiger partial charge on any atom is -0.309 e. The molecular weight excluding hydrogens is 252 g/mol. The molecule has 1 fully saturated rings. The van der Waals surface area contributed by atoms with E-state index in [9.17, 15) is 4.79 Å². The lowest BCUT2D eigenvalue weighted by atomic mass is 9.81. The van der Waals surface area contributed by atoms with Gasteiger partial charge in [0.2, 0.25) is 5.91 Å². The van der Waals surface area contributed by atoms with E-state index in [1.54, 1.807) is 6.20 Å². The maximum absolute atomic E-state index is 12.6. The summed E-state index contributed by atoms with van der Waals surface area (Å²) in [7, 11) is 0. The third-order valence-corrected chi connectivity index (χ3v) is 3.75. The molecule has 2 rings (SSSR count). The predicted octanol–water partition coefficient (Wildman–Crippen LogP) is 2.23. The lowest BCUT2D eigenvalue weighted by Gasteiger charge is -2.36. The molecule has 1 saturated carbocycles. The SMILES string of the molecule is CCCNNC1(C(=O)Nc2ccccn2)CCCCC1. The summed E-state index contributed by atoms with van der Waals surface area (Å²) in [5.74, 6) is 0.624. The van der Waals surface area contributed by atoms with Crippen molar-refractivity contribution < 1.29 is 4.79 Å². The van der Waals surface area contributed by atoms with Gasteiger partial charge in [0.05, 0.1) is 0 Å². The average molecular weight is 276 g/mol. The first-order valence-electron chi connectivity index (χ1n) is 7.49. The van der Waals surface area contributed by atoms with Crippen LogP contribution in [0.15, 0.2) is 24.4 Å². The second-order valence-electron chi connectivity index (χ2n) is 5.36. The number of carbonyl (C=O) groups is 1. The van der Waals surface area contributed by atoms with Crippen LogP contribution in [0.3, 0.4) is 0 Å². The summed E-state index contributed by atoms with van der Waals surface area (Å²) in [6.45, 7) is 2.97. The third-order valence-electron chi connectivity index (χ3n) is 3.75. The van der Waals surface area contributed by atoms with E-state index in [4.69, 9.17) is 0 Å². The van der Waals surface area contributed by atoms with E-state index in [2.05, 4.69) is 28.1 Å². The van der Waals surface area contributed by atoms with Crippen LogP contribution in [-0.4, -0.2) is 23.0 Å². The molecule has 0 saturated heterocycles. The van der Waals surface area contributed by atoms with E-state index < -0.39 is 5.54 Å². The second kappa shape index (κ2) is 7.36. The number of rotatable bonds is 6. The van der Waals surface area contributed by atoms with Gasteiger partial charge < -0.3 is 5.32 Å². The molecule has 5 nitrogen and oxygen atoms in total. The van der Waals surface area contributed by atoms with Gasteiger partial charge in [0.15, 0.2) is 0 Å². The van der Waals surface area contributed by atoms with Crippen LogP contribution in [-0.2, 0) is 4.79 Å². The van der Waals surface area contributed by atoms with Gasteiger partial charge in [-0.2, -0.15) is 0 Å². The molecule has 3 N–H and O–H groups in total. The molecule has 0 unspecified atom stereocenters. The summed E-state index contributed by atoms with van der Waals surface area (Å²) in [5, 5.41) is 2.93. The Morgan fingerprint density at radius 2 is 2.10 bits per heavy atom. The van der Waals surface area contributed by atoms with Crippen LogP contribution < -0.4 is 16.2 Å². The minimum atomic E-state index is -0.509. The van der Waals surface area contributed by atoms with Gasteiger partial charge in [0, 0.05) is 12.7 Å². The van der Waals surface area contributed by atoms with Crippen molar-refractivity contribution in [3.05, 3.63) is 24.4 Å². The van der Waals surface area contributed by atoms with E-state index in [1.807, 2.05) is 18.2 Å². The van der Waals surface area contributed by atoms with Crippen LogP contribution in [0.5, 0.6) is 0 Å². The van der Waals surface area contributed by atoms with Crippen LogP contribution in [0.1, 0.15) is 45.4 Å². The molecule has 1 heterocycles. The highest BCUT2D eigenvalue weighted by Gasteiger charge is 2.39. The maximum Gasteiger partial charge on any atom is 0.247 e. The fourth-order valence-electron chi connectivity index (χ4n) is 2.59. The van der Waals surface area contributed by atoms with Crippen LogP contribution in [0, 0.1) is 0 Å². The highest BCUT2D eigenvalue weighted by molar-refractivity contribution is 5.97. The van der Waals surface area contributed by atoms with Gasteiger partial charge in [-0.25, -0.2) is 10.4 Å². The summed E-state index contributed by atoms with van der Waals surface area (Å²) in [6.07, 6.45) is 7.81. The van der Waals surface area contributed by atoms with Gasteiger partial charge in [-0.3, -0.25) is 10.2 Å². The fourth-order valence-corrected chi connectivity index (χ4v) is 2.59. The molecule has 1 aliphatic carbocycles. The lowest BCUT2D eigenvalue weighted by Crippen LogP contribution is -2.60. The van der Waals surface area contributed by atoms with Crippen LogP contribution in [0.25, 0.3) is 0 Å². The van der Waals surface area contributed by atoms with Crippen molar-refractivity contribution in [3.63, 3.8) is 0 Å². The number of nitrogens with one attached hydrogen (secondary N) is 3.